The summed E-state index contributed by atoms with van der Waals surface area (Å²) < 4.78 is 2.03. The van der Waals surface area contributed by atoms with E-state index >= 15 is 0 Å². The number of amides is 1. The molecule has 2 N–H and O–H groups in total. The number of aromatic nitrogens is 4. The van der Waals surface area contributed by atoms with Gasteiger partial charge in [0.1, 0.15) is 11.6 Å². The van der Waals surface area contributed by atoms with Crippen LogP contribution in [0.15, 0.2) is 36.8 Å². The molecule has 158 valence electrons. The Balaban J connectivity index is 1.39. The van der Waals surface area contributed by atoms with E-state index in [4.69, 9.17) is 4.98 Å². The number of nitrogens with zero attached hydrogens (tertiary/aromatic N) is 5. The number of carbonyl (C=O) groups is 1. The zero-order valence-corrected chi connectivity index (χ0v) is 17.7. The van der Waals surface area contributed by atoms with E-state index in [1.54, 1.807) is 0 Å². The van der Waals surface area contributed by atoms with Gasteiger partial charge in [-0.15, -0.1) is 0 Å². The number of fused-ring (bicyclic) bond motifs is 2. The van der Waals surface area contributed by atoms with E-state index in [0.717, 1.165) is 48.0 Å². The first kappa shape index (κ1) is 18.5. The molecule has 0 atom stereocenters. The highest BCUT2D eigenvalue weighted by molar-refractivity contribution is 5.89. The zero-order valence-electron chi connectivity index (χ0n) is 17.7. The lowest BCUT2D eigenvalue weighted by atomic mass is 10.0. The van der Waals surface area contributed by atoms with Crippen LogP contribution in [0.2, 0.25) is 0 Å². The van der Waals surface area contributed by atoms with E-state index < -0.39 is 0 Å². The van der Waals surface area contributed by atoms with Gasteiger partial charge in [-0.1, -0.05) is 0 Å². The summed E-state index contributed by atoms with van der Waals surface area (Å²) in [6.07, 6.45) is 8.26. The molecule has 1 saturated heterocycles. The van der Waals surface area contributed by atoms with Gasteiger partial charge in [0.25, 0.3) is 0 Å². The topological polar surface area (TPSA) is 88.0 Å². The van der Waals surface area contributed by atoms with Crippen LogP contribution < -0.4 is 15.5 Å². The highest BCUT2D eigenvalue weighted by atomic mass is 16.1. The van der Waals surface area contributed by atoms with Crippen molar-refractivity contribution in [2.45, 2.75) is 38.1 Å². The molecule has 3 aromatic heterocycles. The maximum atomic E-state index is 11.5. The van der Waals surface area contributed by atoms with Crippen LogP contribution in [0.5, 0.6) is 0 Å². The molecular weight excluding hydrogens is 390 g/mol. The number of carbonyl (C=O) groups excluding carboxylic acids is 1. The Labute approximate surface area is 180 Å². The minimum atomic E-state index is -0.118. The monoisotopic (exact) mass is 415 g/mol. The molecule has 3 aromatic rings. The number of hydrogen-bond donors (Lipinski definition) is 2. The highest BCUT2D eigenvalue weighted by Gasteiger charge is 2.52. The Morgan fingerprint density at radius 2 is 2.06 bits per heavy atom. The average Bonchev–Trinajstić information content (AvgIpc) is 3.18. The Bertz CT molecular complexity index is 1190. The van der Waals surface area contributed by atoms with Crippen LogP contribution >= 0.6 is 0 Å². The fourth-order valence-corrected chi connectivity index (χ4v) is 4.65. The number of anilines is 3. The van der Waals surface area contributed by atoms with Gasteiger partial charge in [-0.2, -0.15) is 5.10 Å². The number of rotatable bonds is 4. The lowest BCUT2D eigenvalue weighted by Gasteiger charge is -2.27. The number of nitrogens with one attached hydrogen (secondary N) is 2. The Hall–Kier alpha value is -3.26. The fourth-order valence-electron chi connectivity index (χ4n) is 4.65. The van der Waals surface area contributed by atoms with E-state index in [2.05, 4.69) is 50.9 Å². The van der Waals surface area contributed by atoms with Crippen molar-refractivity contribution >= 4 is 23.2 Å². The van der Waals surface area contributed by atoms with Crippen LogP contribution in [0.4, 0.5) is 17.3 Å². The Kier molecular flexibility index (Phi) is 3.95. The molecule has 6 rings (SSSR count). The summed E-state index contributed by atoms with van der Waals surface area (Å²) in [6, 6.07) is 6.66. The SMILES string of the molecule is CC(=O)Nc1cc2c(cn1)C1(CC1)CN2c1cc(C)cc(-c2cnn(C3CNC3)c2)n1. The quantitative estimate of drug-likeness (QED) is 0.681. The number of aryl methyl sites for hydroxylation is 1. The fraction of sp³-hybridized carbons (Fsp3) is 0.391. The van der Waals surface area contributed by atoms with E-state index in [-0.39, 0.29) is 11.3 Å². The van der Waals surface area contributed by atoms with Gasteiger partial charge in [0, 0.05) is 61.6 Å². The molecule has 2 fully saturated rings. The largest absolute Gasteiger partial charge is 0.325 e. The molecule has 1 spiro atoms. The van der Waals surface area contributed by atoms with Gasteiger partial charge in [-0.05, 0) is 37.5 Å². The summed E-state index contributed by atoms with van der Waals surface area (Å²) in [5.41, 5.74) is 5.65. The lowest BCUT2D eigenvalue weighted by Crippen LogP contribution is -2.43. The third-order valence-electron chi connectivity index (χ3n) is 6.63. The van der Waals surface area contributed by atoms with Crippen molar-refractivity contribution in [1.29, 1.82) is 0 Å². The van der Waals surface area contributed by atoms with Gasteiger partial charge >= 0.3 is 0 Å². The molecule has 5 heterocycles. The van der Waals surface area contributed by atoms with Crippen molar-refractivity contribution in [2.24, 2.45) is 0 Å². The minimum absolute atomic E-state index is 0.118. The van der Waals surface area contributed by atoms with Crippen molar-refractivity contribution < 1.29 is 4.79 Å². The van der Waals surface area contributed by atoms with E-state index in [1.807, 2.05) is 23.1 Å². The van der Waals surface area contributed by atoms with Crippen LogP contribution in [0.25, 0.3) is 11.3 Å². The summed E-state index contributed by atoms with van der Waals surface area (Å²) in [7, 11) is 0. The Morgan fingerprint density at radius 1 is 1.23 bits per heavy atom. The standard InChI is InChI=1S/C23H25N7O/c1-14-5-19(16-8-26-30(12-16)17-9-24-10-17)28-22(6-14)29-13-23(3-4-23)18-11-25-21(7-20(18)29)27-15(2)31/h5-8,11-12,17,24H,3-4,9-10,13H2,1-2H3,(H,25,27,31). The molecule has 1 amide bonds. The molecule has 1 saturated carbocycles. The van der Waals surface area contributed by atoms with Crippen LogP contribution in [0, 0.1) is 6.92 Å². The number of hydrogen-bond acceptors (Lipinski definition) is 6. The van der Waals surface area contributed by atoms with Crippen molar-refractivity contribution in [3.8, 4) is 11.3 Å². The van der Waals surface area contributed by atoms with Gasteiger partial charge in [-0.25, -0.2) is 9.97 Å². The molecule has 0 bridgehead atoms. The third-order valence-corrected chi connectivity index (χ3v) is 6.63. The summed E-state index contributed by atoms with van der Waals surface area (Å²) in [5, 5.41) is 10.7. The highest BCUT2D eigenvalue weighted by Crippen LogP contribution is 2.58. The van der Waals surface area contributed by atoms with Crippen molar-refractivity contribution in [3.63, 3.8) is 0 Å². The predicted octanol–water partition coefficient (Wildman–Crippen LogP) is 2.93. The minimum Gasteiger partial charge on any atom is -0.325 e. The molecule has 0 unspecified atom stereocenters. The molecule has 0 radical (unpaired) electrons. The maximum absolute atomic E-state index is 11.5. The average molecular weight is 416 g/mol. The molecule has 8 nitrogen and oxygen atoms in total. The number of pyridine rings is 2. The smallest absolute Gasteiger partial charge is 0.222 e. The second kappa shape index (κ2) is 6.62. The molecule has 0 aromatic carbocycles. The molecule has 31 heavy (non-hydrogen) atoms. The van der Waals surface area contributed by atoms with Gasteiger partial charge in [-0.3, -0.25) is 9.48 Å². The van der Waals surface area contributed by atoms with Crippen molar-refractivity contribution in [2.75, 3.05) is 29.9 Å². The third kappa shape index (κ3) is 3.09. The first-order valence-corrected chi connectivity index (χ1v) is 10.8. The first-order valence-electron chi connectivity index (χ1n) is 10.8. The van der Waals surface area contributed by atoms with Crippen LogP contribution in [-0.2, 0) is 10.2 Å². The van der Waals surface area contributed by atoms with Crippen LogP contribution in [0.1, 0.15) is 36.9 Å². The first-order chi connectivity index (χ1) is 15.0. The van der Waals surface area contributed by atoms with Gasteiger partial charge in [0.2, 0.25) is 5.91 Å². The van der Waals surface area contributed by atoms with Gasteiger partial charge in [0.15, 0.2) is 0 Å². The van der Waals surface area contributed by atoms with Crippen molar-refractivity contribution in [1.82, 2.24) is 25.1 Å². The predicted molar refractivity (Wildman–Crippen MR) is 119 cm³/mol. The molecule has 1 aliphatic carbocycles. The lowest BCUT2D eigenvalue weighted by molar-refractivity contribution is -0.114. The normalized spacial score (nSPS) is 18.7. The summed E-state index contributed by atoms with van der Waals surface area (Å²) in [5.74, 6) is 1.39. The van der Waals surface area contributed by atoms with E-state index in [9.17, 15) is 4.79 Å². The second-order valence-corrected chi connectivity index (χ2v) is 9.04. The van der Waals surface area contributed by atoms with E-state index in [1.165, 1.54) is 25.3 Å². The molecule has 3 aliphatic rings. The summed E-state index contributed by atoms with van der Waals surface area (Å²) in [4.78, 5) is 23.3. The van der Waals surface area contributed by atoms with Crippen LogP contribution in [0.3, 0.4) is 0 Å². The zero-order chi connectivity index (χ0) is 21.2. The second-order valence-electron chi connectivity index (χ2n) is 9.04. The summed E-state index contributed by atoms with van der Waals surface area (Å²) >= 11 is 0. The van der Waals surface area contributed by atoms with E-state index in [0.29, 0.717) is 11.9 Å². The van der Waals surface area contributed by atoms with Crippen LogP contribution in [-0.4, -0.2) is 45.3 Å². The van der Waals surface area contributed by atoms with Gasteiger partial charge < -0.3 is 15.5 Å². The molecule has 8 heteroatoms. The maximum Gasteiger partial charge on any atom is 0.222 e. The Morgan fingerprint density at radius 3 is 2.77 bits per heavy atom. The summed E-state index contributed by atoms with van der Waals surface area (Å²) in [6.45, 7) is 6.43. The van der Waals surface area contributed by atoms with Gasteiger partial charge in [0.05, 0.1) is 23.6 Å². The molecule has 2 aliphatic heterocycles. The molecular formula is C23H25N7O. The van der Waals surface area contributed by atoms with Crippen molar-refractivity contribution in [3.05, 3.63) is 47.9 Å².